The molecule has 0 amide bonds. The topological polar surface area (TPSA) is 26.3 Å². The van der Waals surface area contributed by atoms with Gasteiger partial charge in [0.25, 0.3) is 0 Å². The molecule has 0 atom stereocenters. The molecule has 2 aromatic carbocycles. The highest BCUT2D eigenvalue weighted by Crippen LogP contribution is 2.32. The molecule has 0 spiro atoms. The van der Waals surface area contributed by atoms with Crippen molar-refractivity contribution >= 4 is 17.9 Å². The van der Waals surface area contributed by atoms with Gasteiger partial charge >= 0.3 is 0 Å². The number of carbonyl (C=O) groups excluding carboxylic acids is 1. The highest BCUT2D eigenvalue weighted by molar-refractivity contribution is 6.33. The largest absolute Gasteiger partial charge is 0.457 e. The van der Waals surface area contributed by atoms with Crippen molar-refractivity contribution in [1.82, 2.24) is 0 Å². The van der Waals surface area contributed by atoms with Crippen molar-refractivity contribution in [2.75, 3.05) is 0 Å². The fourth-order valence-corrected chi connectivity index (χ4v) is 2.67. The van der Waals surface area contributed by atoms with Crippen LogP contribution in [0.25, 0.3) is 0 Å². The van der Waals surface area contributed by atoms with Gasteiger partial charge in [0, 0.05) is 0 Å². The summed E-state index contributed by atoms with van der Waals surface area (Å²) < 4.78 is 5.79. The molecule has 0 heterocycles. The second kappa shape index (κ2) is 5.06. The van der Waals surface area contributed by atoms with Gasteiger partial charge in [-0.05, 0) is 54.7 Å². The normalized spacial score (nSPS) is 13.1. The SMILES string of the molecule is O=Cc1c(Cl)cccc1Oc1ccc2c(c1)CCC2. The molecular formula is C16H13ClO2. The lowest BCUT2D eigenvalue weighted by Crippen LogP contribution is -1.92. The molecule has 0 aromatic heterocycles. The van der Waals surface area contributed by atoms with E-state index < -0.39 is 0 Å². The van der Waals surface area contributed by atoms with E-state index in [0.717, 1.165) is 24.9 Å². The van der Waals surface area contributed by atoms with Crippen LogP contribution in [0.4, 0.5) is 0 Å². The highest BCUT2D eigenvalue weighted by Gasteiger charge is 2.13. The van der Waals surface area contributed by atoms with Crippen molar-refractivity contribution in [2.45, 2.75) is 19.3 Å². The number of rotatable bonds is 3. The van der Waals surface area contributed by atoms with E-state index in [1.807, 2.05) is 6.07 Å². The van der Waals surface area contributed by atoms with Crippen LogP contribution in [-0.4, -0.2) is 6.29 Å². The molecule has 0 saturated heterocycles. The summed E-state index contributed by atoms with van der Waals surface area (Å²) in [6.45, 7) is 0. The molecule has 2 nitrogen and oxygen atoms in total. The minimum absolute atomic E-state index is 0.393. The van der Waals surface area contributed by atoms with Crippen LogP contribution in [0.2, 0.25) is 5.02 Å². The fraction of sp³-hybridized carbons (Fsp3) is 0.188. The second-order valence-corrected chi connectivity index (χ2v) is 5.06. The molecule has 96 valence electrons. The molecule has 3 heteroatoms. The minimum atomic E-state index is 0.393. The molecule has 1 aliphatic rings. The van der Waals surface area contributed by atoms with E-state index in [1.54, 1.807) is 18.2 Å². The van der Waals surface area contributed by atoms with E-state index in [-0.39, 0.29) is 0 Å². The summed E-state index contributed by atoms with van der Waals surface area (Å²) in [6, 6.07) is 11.3. The number of aryl methyl sites for hydroxylation is 2. The number of carbonyl (C=O) groups is 1. The lowest BCUT2D eigenvalue weighted by atomic mass is 10.1. The zero-order valence-electron chi connectivity index (χ0n) is 10.4. The minimum Gasteiger partial charge on any atom is -0.457 e. The standard InChI is InChI=1S/C16H13ClO2/c17-15-5-2-6-16(14(15)10-18)19-13-8-7-11-3-1-4-12(11)9-13/h2,5-10H,1,3-4H2. The molecule has 1 aliphatic carbocycles. The summed E-state index contributed by atoms with van der Waals surface area (Å²) in [7, 11) is 0. The number of fused-ring (bicyclic) bond motifs is 1. The molecule has 0 N–H and O–H groups in total. The van der Waals surface area contributed by atoms with E-state index in [9.17, 15) is 4.79 Å². The lowest BCUT2D eigenvalue weighted by Gasteiger charge is -2.10. The molecule has 0 fully saturated rings. The molecule has 3 rings (SSSR count). The van der Waals surface area contributed by atoms with Crippen molar-refractivity contribution in [1.29, 1.82) is 0 Å². The van der Waals surface area contributed by atoms with Crippen molar-refractivity contribution < 1.29 is 9.53 Å². The maximum Gasteiger partial charge on any atom is 0.155 e. The van der Waals surface area contributed by atoms with E-state index in [1.165, 1.54) is 17.5 Å². The molecular weight excluding hydrogens is 260 g/mol. The van der Waals surface area contributed by atoms with Gasteiger partial charge < -0.3 is 4.74 Å². The first-order chi connectivity index (χ1) is 9.28. The third kappa shape index (κ3) is 2.36. The third-order valence-corrected chi connectivity index (χ3v) is 3.76. The van der Waals surface area contributed by atoms with Gasteiger partial charge in [-0.2, -0.15) is 0 Å². The number of ether oxygens (including phenoxy) is 1. The summed E-state index contributed by atoms with van der Waals surface area (Å²) in [5.74, 6) is 1.26. The average Bonchev–Trinajstić information content (AvgIpc) is 2.86. The molecule has 19 heavy (non-hydrogen) atoms. The average molecular weight is 273 g/mol. The zero-order valence-corrected chi connectivity index (χ0v) is 11.1. The van der Waals surface area contributed by atoms with Crippen molar-refractivity contribution in [3.05, 3.63) is 58.1 Å². The van der Waals surface area contributed by atoms with Crippen LogP contribution in [0, 0.1) is 0 Å². The number of hydrogen-bond acceptors (Lipinski definition) is 2. The Morgan fingerprint density at radius 2 is 1.95 bits per heavy atom. The predicted molar refractivity (Wildman–Crippen MR) is 75.4 cm³/mol. The van der Waals surface area contributed by atoms with Crippen LogP contribution >= 0.6 is 11.6 Å². The van der Waals surface area contributed by atoms with Gasteiger partial charge in [0.2, 0.25) is 0 Å². The number of aldehydes is 1. The Labute approximate surface area is 117 Å². The molecule has 0 saturated carbocycles. The maximum atomic E-state index is 11.1. The van der Waals surface area contributed by atoms with Crippen LogP contribution in [-0.2, 0) is 12.8 Å². The molecule has 0 radical (unpaired) electrons. The number of benzene rings is 2. The van der Waals surface area contributed by atoms with Gasteiger partial charge in [-0.3, -0.25) is 4.79 Å². The third-order valence-electron chi connectivity index (χ3n) is 3.43. The zero-order chi connectivity index (χ0) is 13.2. The van der Waals surface area contributed by atoms with E-state index >= 15 is 0 Å². The monoisotopic (exact) mass is 272 g/mol. The van der Waals surface area contributed by atoms with E-state index in [2.05, 4.69) is 12.1 Å². The fourth-order valence-electron chi connectivity index (χ4n) is 2.46. The Bertz CT molecular complexity index is 635. The smallest absolute Gasteiger partial charge is 0.155 e. The summed E-state index contributed by atoms with van der Waals surface area (Å²) in [6.07, 6.45) is 4.18. The molecule has 2 aromatic rings. The van der Waals surface area contributed by atoms with Crippen molar-refractivity contribution in [3.63, 3.8) is 0 Å². The Morgan fingerprint density at radius 1 is 1.11 bits per heavy atom. The van der Waals surface area contributed by atoms with E-state index in [4.69, 9.17) is 16.3 Å². The van der Waals surface area contributed by atoms with Crippen LogP contribution < -0.4 is 4.74 Å². The highest BCUT2D eigenvalue weighted by atomic mass is 35.5. The van der Waals surface area contributed by atoms with Gasteiger partial charge in [-0.15, -0.1) is 0 Å². The van der Waals surface area contributed by atoms with Crippen LogP contribution in [0.15, 0.2) is 36.4 Å². The Kier molecular flexibility index (Phi) is 3.26. The Balaban J connectivity index is 1.93. The summed E-state index contributed by atoms with van der Waals surface area (Å²) in [4.78, 5) is 11.1. The lowest BCUT2D eigenvalue weighted by molar-refractivity contribution is 0.112. The van der Waals surface area contributed by atoms with Crippen LogP contribution in [0.5, 0.6) is 11.5 Å². The summed E-state index contributed by atoms with van der Waals surface area (Å²) in [5, 5.41) is 0.411. The van der Waals surface area contributed by atoms with Gasteiger partial charge in [-0.25, -0.2) is 0 Å². The summed E-state index contributed by atoms with van der Waals surface area (Å²) in [5.41, 5.74) is 3.13. The number of halogens is 1. The first-order valence-corrected chi connectivity index (χ1v) is 6.69. The van der Waals surface area contributed by atoms with E-state index in [0.29, 0.717) is 16.3 Å². The van der Waals surface area contributed by atoms with Crippen molar-refractivity contribution in [2.24, 2.45) is 0 Å². The second-order valence-electron chi connectivity index (χ2n) is 4.66. The predicted octanol–water partition coefficient (Wildman–Crippen LogP) is 4.43. The molecule has 0 aliphatic heterocycles. The number of hydrogen-bond donors (Lipinski definition) is 0. The Morgan fingerprint density at radius 3 is 2.79 bits per heavy atom. The quantitative estimate of drug-likeness (QED) is 0.773. The van der Waals surface area contributed by atoms with Crippen LogP contribution in [0.3, 0.4) is 0 Å². The van der Waals surface area contributed by atoms with Gasteiger partial charge in [0.05, 0.1) is 10.6 Å². The van der Waals surface area contributed by atoms with Gasteiger partial charge in [0.15, 0.2) is 6.29 Å². The molecule has 0 unspecified atom stereocenters. The first kappa shape index (κ1) is 12.2. The van der Waals surface area contributed by atoms with Gasteiger partial charge in [-0.1, -0.05) is 23.7 Å². The maximum absolute atomic E-state index is 11.1. The first-order valence-electron chi connectivity index (χ1n) is 6.31. The summed E-state index contributed by atoms with van der Waals surface area (Å²) >= 11 is 5.98. The van der Waals surface area contributed by atoms with Gasteiger partial charge in [0.1, 0.15) is 11.5 Å². The van der Waals surface area contributed by atoms with Crippen molar-refractivity contribution in [3.8, 4) is 11.5 Å². The van der Waals surface area contributed by atoms with Crippen LogP contribution in [0.1, 0.15) is 27.9 Å². The molecule has 0 bridgehead atoms. The Hall–Kier alpha value is -1.80.